The maximum Gasteiger partial charge on any atom is 0.214 e. The Morgan fingerprint density at radius 1 is 0.903 bits per heavy atom. The van der Waals surface area contributed by atoms with Crippen LogP contribution in [-0.2, 0) is 25.9 Å². The third-order valence-electron chi connectivity index (χ3n) is 6.14. The molecule has 6 heteroatoms. The third kappa shape index (κ3) is 4.25. The number of benzene rings is 3. The van der Waals surface area contributed by atoms with Gasteiger partial charge in [-0.15, -0.1) is 5.10 Å². The Morgan fingerprint density at radius 3 is 2.45 bits per heavy atom. The fraction of sp³-hybridized carbons (Fsp3) is 0.240. The van der Waals surface area contributed by atoms with E-state index >= 15 is 0 Å². The van der Waals surface area contributed by atoms with Crippen LogP contribution in [0.4, 0.5) is 4.39 Å². The molecule has 0 saturated heterocycles. The van der Waals surface area contributed by atoms with Crippen molar-refractivity contribution in [2.75, 3.05) is 6.54 Å². The van der Waals surface area contributed by atoms with Crippen molar-refractivity contribution in [3.05, 3.63) is 113 Å². The second kappa shape index (κ2) is 8.78. The lowest BCUT2D eigenvalue weighted by Gasteiger charge is -2.32. The zero-order valence-electron chi connectivity index (χ0n) is 17.3. The Morgan fingerprint density at radius 2 is 1.65 bits per heavy atom. The molecule has 0 bridgehead atoms. The minimum absolute atomic E-state index is 0.0558. The van der Waals surface area contributed by atoms with Gasteiger partial charge in [0.1, 0.15) is 12.4 Å². The van der Waals surface area contributed by atoms with Gasteiger partial charge in [0.15, 0.2) is 6.04 Å². The van der Waals surface area contributed by atoms with Crippen molar-refractivity contribution in [2.24, 2.45) is 0 Å². The second-order valence-electron chi connectivity index (χ2n) is 8.08. The van der Waals surface area contributed by atoms with Crippen LogP contribution in [0.2, 0.25) is 0 Å². The van der Waals surface area contributed by atoms with E-state index in [1.54, 1.807) is 0 Å². The van der Waals surface area contributed by atoms with Crippen LogP contribution < -0.4 is 4.90 Å². The molecular weight excluding hydrogens is 389 g/mol. The number of quaternary nitrogens is 1. The molecule has 0 radical (unpaired) electrons. The maximum absolute atomic E-state index is 13.7. The largest absolute Gasteiger partial charge is 0.318 e. The summed E-state index contributed by atoms with van der Waals surface area (Å²) in [6.07, 6.45) is 1.86. The SMILES string of the molecule is Fc1ccc([C@H](c2nnnn2CCc2ccccc2)[NH+]2CCc3ccccc3C2)cc1. The molecule has 1 unspecified atom stereocenters. The molecular formula is C25H25FN5+. The molecule has 0 aliphatic carbocycles. The van der Waals surface area contributed by atoms with Gasteiger partial charge in [-0.05, 0) is 52.2 Å². The van der Waals surface area contributed by atoms with Crippen molar-refractivity contribution in [3.63, 3.8) is 0 Å². The number of hydrogen-bond acceptors (Lipinski definition) is 3. The molecule has 0 amide bonds. The maximum atomic E-state index is 13.7. The lowest BCUT2D eigenvalue weighted by molar-refractivity contribution is -0.941. The number of fused-ring (bicyclic) bond motifs is 1. The zero-order chi connectivity index (χ0) is 21.0. The summed E-state index contributed by atoms with van der Waals surface area (Å²) < 4.78 is 15.6. The van der Waals surface area contributed by atoms with E-state index in [4.69, 9.17) is 0 Å². The quantitative estimate of drug-likeness (QED) is 0.528. The fourth-order valence-corrected chi connectivity index (χ4v) is 4.53. The first-order valence-electron chi connectivity index (χ1n) is 10.7. The number of nitrogens with one attached hydrogen (secondary N) is 1. The highest BCUT2D eigenvalue weighted by molar-refractivity contribution is 5.28. The molecule has 1 N–H and O–H groups in total. The molecule has 4 aromatic rings. The molecule has 0 saturated carbocycles. The highest BCUT2D eigenvalue weighted by atomic mass is 19.1. The normalized spacial score (nSPS) is 16.6. The fourth-order valence-electron chi connectivity index (χ4n) is 4.53. The molecule has 2 heterocycles. The van der Waals surface area contributed by atoms with Crippen LogP contribution in [0.15, 0.2) is 78.9 Å². The number of hydrogen-bond donors (Lipinski definition) is 1. The van der Waals surface area contributed by atoms with E-state index in [1.807, 2.05) is 35.0 Å². The summed E-state index contributed by atoms with van der Waals surface area (Å²) in [6, 6.07) is 25.7. The smallest absolute Gasteiger partial charge is 0.214 e. The predicted molar refractivity (Wildman–Crippen MR) is 116 cm³/mol. The lowest BCUT2D eigenvalue weighted by Crippen LogP contribution is -3.12. The van der Waals surface area contributed by atoms with Crippen molar-refractivity contribution in [1.82, 2.24) is 20.2 Å². The summed E-state index contributed by atoms with van der Waals surface area (Å²) in [6.45, 7) is 2.57. The Labute approximate surface area is 181 Å². The minimum Gasteiger partial charge on any atom is -0.318 e. The molecule has 3 aromatic carbocycles. The van der Waals surface area contributed by atoms with Gasteiger partial charge in [0.05, 0.1) is 6.54 Å². The average molecular weight is 415 g/mol. The van der Waals surface area contributed by atoms with Crippen LogP contribution in [0.1, 0.15) is 34.1 Å². The number of rotatable bonds is 6. The van der Waals surface area contributed by atoms with Gasteiger partial charge in [0, 0.05) is 24.1 Å². The summed E-state index contributed by atoms with van der Waals surface area (Å²) in [4.78, 5) is 1.38. The highest BCUT2D eigenvalue weighted by Crippen LogP contribution is 2.21. The molecule has 0 spiro atoms. The van der Waals surface area contributed by atoms with E-state index in [0.717, 1.165) is 37.3 Å². The molecule has 5 rings (SSSR count). The average Bonchev–Trinajstić information content (AvgIpc) is 3.28. The first kappa shape index (κ1) is 19.6. The molecule has 0 fully saturated rings. The molecule has 1 aromatic heterocycles. The van der Waals surface area contributed by atoms with Crippen LogP contribution in [0.5, 0.6) is 0 Å². The molecule has 2 atom stereocenters. The predicted octanol–water partition coefficient (Wildman–Crippen LogP) is 2.79. The lowest BCUT2D eigenvalue weighted by atomic mass is 9.96. The molecule has 1 aliphatic rings. The molecule has 31 heavy (non-hydrogen) atoms. The Kier molecular flexibility index (Phi) is 5.54. The van der Waals surface area contributed by atoms with Crippen molar-refractivity contribution in [1.29, 1.82) is 0 Å². The Hall–Kier alpha value is -3.38. The van der Waals surface area contributed by atoms with Gasteiger partial charge in [0.2, 0.25) is 5.82 Å². The summed E-state index contributed by atoms with van der Waals surface area (Å²) in [5, 5.41) is 12.8. The first-order valence-corrected chi connectivity index (χ1v) is 10.7. The van der Waals surface area contributed by atoms with E-state index in [1.165, 1.54) is 33.7 Å². The van der Waals surface area contributed by atoms with E-state index in [2.05, 4.69) is 51.9 Å². The van der Waals surface area contributed by atoms with Crippen molar-refractivity contribution < 1.29 is 9.29 Å². The first-order chi connectivity index (χ1) is 15.3. The number of tetrazole rings is 1. The van der Waals surface area contributed by atoms with Gasteiger partial charge in [-0.1, -0.05) is 54.6 Å². The van der Waals surface area contributed by atoms with Gasteiger partial charge >= 0.3 is 0 Å². The van der Waals surface area contributed by atoms with E-state index in [9.17, 15) is 4.39 Å². The number of aromatic nitrogens is 4. The summed E-state index contributed by atoms with van der Waals surface area (Å²) in [5.74, 6) is 0.599. The van der Waals surface area contributed by atoms with E-state index < -0.39 is 0 Å². The molecule has 156 valence electrons. The number of nitrogens with zero attached hydrogens (tertiary/aromatic N) is 4. The summed E-state index contributed by atoms with van der Waals surface area (Å²) in [7, 11) is 0. The topological polar surface area (TPSA) is 48.0 Å². The molecule has 5 nitrogen and oxygen atoms in total. The van der Waals surface area contributed by atoms with Crippen LogP contribution in [0.3, 0.4) is 0 Å². The van der Waals surface area contributed by atoms with Crippen molar-refractivity contribution >= 4 is 0 Å². The van der Waals surface area contributed by atoms with Crippen LogP contribution in [-0.4, -0.2) is 26.8 Å². The van der Waals surface area contributed by atoms with Gasteiger partial charge in [-0.25, -0.2) is 9.07 Å². The van der Waals surface area contributed by atoms with E-state index in [0.29, 0.717) is 6.54 Å². The van der Waals surface area contributed by atoms with Gasteiger partial charge < -0.3 is 4.90 Å². The minimum atomic E-state index is -0.231. The molecule has 1 aliphatic heterocycles. The summed E-state index contributed by atoms with van der Waals surface area (Å²) >= 11 is 0. The third-order valence-corrected chi connectivity index (χ3v) is 6.14. The Bertz CT molecular complexity index is 1140. The van der Waals surface area contributed by atoms with Crippen molar-refractivity contribution in [2.45, 2.75) is 32.0 Å². The van der Waals surface area contributed by atoms with Crippen LogP contribution in [0.25, 0.3) is 0 Å². The number of halogens is 1. The summed E-state index contributed by atoms with van der Waals surface area (Å²) in [5.41, 5.74) is 5.06. The zero-order valence-corrected chi connectivity index (χ0v) is 17.3. The van der Waals surface area contributed by atoms with Gasteiger partial charge in [-0.2, -0.15) is 0 Å². The monoisotopic (exact) mass is 414 g/mol. The Balaban J connectivity index is 1.47. The van der Waals surface area contributed by atoms with Gasteiger partial charge in [0.25, 0.3) is 0 Å². The van der Waals surface area contributed by atoms with Crippen molar-refractivity contribution in [3.8, 4) is 0 Å². The van der Waals surface area contributed by atoms with E-state index in [-0.39, 0.29) is 11.9 Å². The van der Waals surface area contributed by atoms with Crippen LogP contribution in [0, 0.1) is 5.82 Å². The standard InChI is InChI=1S/C25H24FN5/c26-23-12-10-21(11-13-23)24(30-16-15-20-8-4-5-9-22(20)18-30)25-27-28-29-31(25)17-14-19-6-2-1-3-7-19/h1-13,24H,14-18H2/p+1/t24-/m1/s1. The van der Waals surface area contributed by atoms with Gasteiger partial charge in [-0.3, -0.25) is 0 Å². The van der Waals surface area contributed by atoms with Crippen LogP contribution >= 0.6 is 0 Å². The highest BCUT2D eigenvalue weighted by Gasteiger charge is 2.34. The second-order valence-corrected chi connectivity index (χ2v) is 8.08. The number of aryl methyl sites for hydroxylation is 2.